The molecule has 1 unspecified atom stereocenters. The average Bonchev–Trinajstić information content (AvgIpc) is 3.24. The highest BCUT2D eigenvalue weighted by Gasteiger charge is 2.25. The summed E-state index contributed by atoms with van der Waals surface area (Å²) in [6.07, 6.45) is 1.53. The molecule has 0 saturated heterocycles. The average molecular weight is 311 g/mol. The van der Waals surface area contributed by atoms with Crippen molar-refractivity contribution in [3.05, 3.63) is 54.2 Å². The van der Waals surface area contributed by atoms with Gasteiger partial charge in [0.2, 0.25) is 11.7 Å². The number of aromatic nitrogens is 4. The second kappa shape index (κ2) is 6.43. The van der Waals surface area contributed by atoms with Crippen molar-refractivity contribution in [1.82, 2.24) is 25.7 Å². The van der Waals surface area contributed by atoms with Gasteiger partial charge in [-0.1, -0.05) is 49.3 Å². The van der Waals surface area contributed by atoms with Gasteiger partial charge in [0, 0.05) is 11.8 Å². The van der Waals surface area contributed by atoms with E-state index in [2.05, 4.69) is 25.7 Å². The molecule has 0 aliphatic rings. The van der Waals surface area contributed by atoms with Gasteiger partial charge in [-0.05, 0) is 12.0 Å². The second-order valence-corrected chi connectivity index (χ2v) is 5.49. The Kier molecular flexibility index (Phi) is 4.18. The van der Waals surface area contributed by atoms with E-state index in [0.717, 1.165) is 5.56 Å². The highest BCUT2D eigenvalue weighted by atomic mass is 16.5. The summed E-state index contributed by atoms with van der Waals surface area (Å²) in [5.41, 5.74) is 1.25. The first-order chi connectivity index (χ1) is 11.1. The van der Waals surface area contributed by atoms with Gasteiger partial charge < -0.3 is 9.84 Å². The fourth-order valence-electron chi connectivity index (χ4n) is 2.18. The van der Waals surface area contributed by atoms with Gasteiger partial charge in [-0.25, -0.2) is 0 Å². The van der Waals surface area contributed by atoms with E-state index in [0.29, 0.717) is 17.4 Å². The molecule has 7 nitrogen and oxygen atoms in total. The molecule has 2 N–H and O–H groups in total. The first-order valence-electron chi connectivity index (χ1n) is 7.34. The number of hydrogen-bond acceptors (Lipinski definition) is 5. The minimum atomic E-state index is -0.379. The number of aromatic amines is 1. The quantitative estimate of drug-likeness (QED) is 0.755. The van der Waals surface area contributed by atoms with Crippen LogP contribution in [0, 0.1) is 5.92 Å². The van der Waals surface area contributed by atoms with Crippen molar-refractivity contribution in [1.29, 1.82) is 0 Å². The first-order valence-corrected chi connectivity index (χ1v) is 7.34. The zero-order valence-corrected chi connectivity index (χ0v) is 12.9. The molecule has 2 aromatic heterocycles. The van der Waals surface area contributed by atoms with Crippen LogP contribution >= 0.6 is 0 Å². The van der Waals surface area contributed by atoms with E-state index in [4.69, 9.17) is 4.52 Å². The van der Waals surface area contributed by atoms with Crippen LogP contribution in [-0.2, 0) is 0 Å². The van der Waals surface area contributed by atoms with E-state index >= 15 is 0 Å². The van der Waals surface area contributed by atoms with Gasteiger partial charge in [0.1, 0.15) is 11.7 Å². The number of nitrogens with one attached hydrogen (secondary N) is 2. The van der Waals surface area contributed by atoms with Crippen LogP contribution in [-0.4, -0.2) is 26.2 Å². The fraction of sp³-hybridized carbons (Fsp3) is 0.250. The third-order valence-corrected chi connectivity index (χ3v) is 3.44. The van der Waals surface area contributed by atoms with Crippen molar-refractivity contribution in [3.63, 3.8) is 0 Å². The summed E-state index contributed by atoms with van der Waals surface area (Å²) in [5.74, 6) is 0.709. The van der Waals surface area contributed by atoms with Crippen LogP contribution in [0.25, 0.3) is 11.4 Å². The largest absolute Gasteiger partial charge is 0.339 e. The molecule has 1 amide bonds. The summed E-state index contributed by atoms with van der Waals surface area (Å²) in [4.78, 5) is 16.6. The lowest BCUT2D eigenvalue weighted by Gasteiger charge is -2.17. The van der Waals surface area contributed by atoms with Crippen molar-refractivity contribution in [2.75, 3.05) is 0 Å². The van der Waals surface area contributed by atoms with E-state index < -0.39 is 0 Å². The fourth-order valence-corrected chi connectivity index (χ4v) is 2.18. The minimum Gasteiger partial charge on any atom is -0.339 e. The van der Waals surface area contributed by atoms with Gasteiger partial charge in [-0.15, -0.1) is 0 Å². The van der Waals surface area contributed by atoms with Crippen molar-refractivity contribution in [2.24, 2.45) is 5.92 Å². The summed E-state index contributed by atoms with van der Waals surface area (Å²) < 4.78 is 5.36. The number of nitrogens with zero attached hydrogens (tertiary/aromatic N) is 3. The third-order valence-electron chi connectivity index (χ3n) is 3.44. The topological polar surface area (TPSA) is 96.7 Å². The molecule has 7 heteroatoms. The predicted molar refractivity (Wildman–Crippen MR) is 83.4 cm³/mol. The smallest absolute Gasteiger partial charge is 0.269 e. The van der Waals surface area contributed by atoms with Crippen LogP contribution in [0.4, 0.5) is 0 Å². The van der Waals surface area contributed by atoms with Crippen LogP contribution in [0.2, 0.25) is 0 Å². The number of hydrogen-bond donors (Lipinski definition) is 2. The van der Waals surface area contributed by atoms with E-state index in [1.54, 1.807) is 6.07 Å². The Hall–Kier alpha value is -2.96. The van der Waals surface area contributed by atoms with Crippen molar-refractivity contribution >= 4 is 5.91 Å². The highest BCUT2D eigenvalue weighted by molar-refractivity contribution is 5.92. The van der Waals surface area contributed by atoms with Crippen LogP contribution < -0.4 is 5.32 Å². The van der Waals surface area contributed by atoms with E-state index in [9.17, 15) is 4.79 Å². The molecule has 2 heterocycles. The molecule has 0 fully saturated rings. The Morgan fingerprint density at radius 1 is 1.22 bits per heavy atom. The molecule has 23 heavy (non-hydrogen) atoms. The number of H-pyrrole nitrogens is 1. The molecule has 3 rings (SSSR count). The third kappa shape index (κ3) is 3.28. The van der Waals surface area contributed by atoms with Crippen molar-refractivity contribution < 1.29 is 9.32 Å². The van der Waals surface area contributed by atoms with Gasteiger partial charge in [-0.3, -0.25) is 9.89 Å². The maximum Gasteiger partial charge on any atom is 0.269 e. The van der Waals surface area contributed by atoms with Gasteiger partial charge in [-0.2, -0.15) is 10.1 Å². The molecule has 118 valence electrons. The Bertz CT molecular complexity index is 765. The summed E-state index contributed by atoms with van der Waals surface area (Å²) >= 11 is 0. The Labute approximate surface area is 133 Å². The Morgan fingerprint density at radius 3 is 2.65 bits per heavy atom. The molecule has 0 spiro atoms. The van der Waals surface area contributed by atoms with E-state index in [1.807, 2.05) is 44.2 Å². The number of carbonyl (C=O) groups is 1. The number of rotatable bonds is 5. The van der Waals surface area contributed by atoms with Crippen LogP contribution in [0.15, 0.2) is 47.1 Å². The molecular weight excluding hydrogens is 294 g/mol. The maximum atomic E-state index is 12.2. The number of amides is 1. The normalized spacial score (nSPS) is 12.3. The molecule has 0 bridgehead atoms. The molecule has 3 aromatic rings. The minimum absolute atomic E-state index is 0.0888. The summed E-state index contributed by atoms with van der Waals surface area (Å²) in [5, 5.41) is 13.3. The van der Waals surface area contributed by atoms with Crippen LogP contribution in [0.1, 0.15) is 36.3 Å². The number of carbonyl (C=O) groups excluding carboxylic acids is 1. The summed E-state index contributed by atoms with van der Waals surface area (Å²) in [7, 11) is 0. The lowest BCUT2D eigenvalue weighted by Crippen LogP contribution is -2.32. The van der Waals surface area contributed by atoms with Crippen molar-refractivity contribution in [3.8, 4) is 11.4 Å². The number of benzene rings is 1. The summed E-state index contributed by atoms with van der Waals surface area (Å²) in [6, 6.07) is 10.8. The summed E-state index contributed by atoms with van der Waals surface area (Å²) in [6.45, 7) is 3.95. The SMILES string of the molecule is CC(C)C(NC(=O)c1ccn[nH]1)c1nc(-c2ccccc2)no1. The van der Waals surface area contributed by atoms with Gasteiger partial charge >= 0.3 is 0 Å². The zero-order valence-electron chi connectivity index (χ0n) is 12.9. The van der Waals surface area contributed by atoms with Crippen molar-refractivity contribution in [2.45, 2.75) is 19.9 Å². The second-order valence-electron chi connectivity index (χ2n) is 5.49. The molecule has 1 atom stereocenters. The molecule has 0 aliphatic carbocycles. The van der Waals surface area contributed by atoms with Gasteiger partial charge in [0.25, 0.3) is 5.91 Å². The van der Waals surface area contributed by atoms with E-state index in [1.165, 1.54) is 6.20 Å². The lowest BCUT2D eigenvalue weighted by molar-refractivity contribution is 0.0909. The lowest BCUT2D eigenvalue weighted by atomic mass is 10.0. The molecule has 0 radical (unpaired) electrons. The van der Waals surface area contributed by atoms with E-state index in [-0.39, 0.29) is 17.9 Å². The van der Waals surface area contributed by atoms with Crippen LogP contribution in [0.3, 0.4) is 0 Å². The molecular formula is C16H17N5O2. The maximum absolute atomic E-state index is 12.2. The van der Waals surface area contributed by atoms with Crippen LogP contribution in [0.5, 0.6) is 0 Å². The Balaban J connectivity index is 1.82. The highest BCUT2D eigenvalue weighted by Crippen LogP contribution is 2.23. The molecule has 0 aliphatic heterocycles. The standard InChI is InChI=1S/C16H17N5O2/c1-10(2)13(18-15(22)12-8-9-17-20-12)16-19-14(21-23-16)11-6-4-3-5-7-11/h3-10,13H,1-2H3,(H,17,20)(H,18,22). The zero-order chi connectivity index (χ0) is 16.2. The molecule has 1 aromatic carbocycles. The predicted octanol–water partition coefficient (Wildman–Crippen LogP) is 2.59. The molecule has 0 saturated carbocycles. The Morgan fingerprint density at radius 2 is 2.00 bits per heavy atom. The first kappa shape index (κ1) is 15.0. The van der Waals surface area contributed by atoms with Gasteiger partial charge in [0.15, 0.2) is 0 Å². The monoisotopic (exact) mass is 311 g/mol. The van der Waals surface area contributed by atoms with Gasteiger partial charge in [0.05, 0.1) is 0 Å².